The number of hydrogen-bond donors (Lipinski definition) is 1. The molecule has 1 aromatic carbocycles. The predicted molar refractivity (Wildman–Crippen MR) is 99.7 cm³/mol. The van der Waals surface area contributed by atoms with Crippen molar-refractivity contribution in [2.75, 3.05) is 18.4 Å². The van der Waals surface area contributed by atoms with E-state index in [-0.39, 0.29) is 5.91 Å². The van der Waals surface area contributed by atoms with Crippen molar-refractivity contribution in [1.82, 2.24) is 9.88 Å². The maximum absolute atomic E-state index is 12.8. The lowest BCUT2D eigenvalue weighted by atomic mass is 9.90. The van der Waals surface area contributed by atoms with E-state index in [9.17, 15) is 4.79 Å². The number of amides is 1. The van der Waals surface area contributed by atoms with E-state index < -0.39 is 0 Å². The third-order valence-corrected chi connectivity index (χ3v) is 5.20. The second-order valence-corrected chi connectivity index (χ2v) is 7.31. The molecule has 0 radical (unpaired) electrons. The summed E-state index contributed by atoms with van der Waals surface area (Å²) in [6, 6.07) is 13.2. The zero-order valence-corrected chi connectivity index (χ0v) is 14.5. The van der Waals surface area contributed by atoms with Crippen molar-refractivity contribution in [1.29, 1.82) is 0 Å². The first kappa shape index (κ1) is 16.1. The fraction of sp³-hybridized carbons (Fsp3) is 0.429. The lowest BCUT2D eigenvalue weighted by Crippen LogP contribution is -2.39. The van der Waals surface area contributed by atoms with E-state index in [4.69, 9.17) is 0 Å². The Morgan fingerprint density at radius 2 is 1.84 bits per heavy atom. The number of hydrogen-bond acceptors (Lipinski definition) is 3. The van der Waals surface area contributed by atoms with Crippen LogP contribution in [0, 0.1) is 5.92 Å². The van der Waals surface area contributed by atoms with Gasteiger partial charge in [0.1, 0.15) is 0 Å². The normalized spacial score (nSPS) is 18.2. The van der Waals surface area contributed by atoms with Crippen molar-refractivity contribution in [2.45, 2.75) is 38.1 Å². The van der Waals surface area contributed by atoms with Crippen molar-refractivity contribution in [3.8, 4) is 0 Å². The highest BCUT2D eigenvalue weighted by molar-refractivity contribution is 5.94. The molecule has 1 aromatic heterocycles. The fourth-order valence-corrected chi connectivity index (χ4v) is 3.57. The molecule has 2 fully saturated rings. The van der Waals surface area contributed by atoms with Crippen LogP contribution in [-0.4, -0.2) is 34.9 Å². The van der Waals surface area contributed by atoms with E-state index in [0.29, 0.717) is 17.5 Å². The lowest BCUT2D eigenvalue weighted by Gasteiger charge is -2.32. The van der Waals surface area contributed by atoms with Crippen molar-refractivity contribution < 1.29 is 4.79 Å². The number of nitrogens with one attached hydrogen (secondary N) is 1. The smallest absolute Gasteiger partial charge is 0.255 e. The molecule has 25 heavy (non-hydrogen) atoms. The Hall–Kier alpha value is -2.36. The lowest BCUT2D eigenvalue weighted by molar-refractivity contribution is 0.0690. The van der Waals surface area contributed by atoms with Gasteiger partial charge < -0.3 is 10.2 Å². The number of piperidine rings is 1. The number of nitrogens with zero attached hydrogens (tertiary/aromatic N) is 2. The maximum Gasteiger partial charge on any atom is 0.255 e. The van der Waals surface area contributed by atoms with E-state index in [1.165, 1.54) is 18.4 Å². The molecule has 1 saturated heterocycles. The minimum Gasteiger partial charge on any atom is -0.381 e. The molecule has 1 saturated carbocycles. The topological polar surface area (TPSA) is 45.2 Å². The monoisotopic (exact) mass is 335 g/mol. The summed E-state index contributed by atoms with van der Waals surface area (Å²) in [4.78, 5) is 19.0. The Morgan fingerprint density at radius 1 is 1.08 bits per heavy atom. The highest BCUT2D eigenvalue weighted by atomic mass is 16.2. The average molecular weight is 335 g/mol. The molecule has 1 aliphatic carbocycles. The first-order valence-electron chi connectivity index (χ1n) is 9.33. The number of aromatic nitrogens is 1. The number of carbonyl (C=O) groups excluding carboxylic acids is 1. The predicted octanol–water partition coefficient (Wildman–Crippen LogP) is 3.75. The molecular formula is C21H25N3O. The van der Waals surface area contributed by atoms with Gasteiger partial charge in [-0.1, -0.05) is 30.3 Å². The van der Waals surface area contributed by atoms with Crippen LogP contribution in [0.4, 0.5) is 5.69 Å². The minimum atomic E-state index is 0.116. The van der Waals surface area contributed by atoms with Gasteiger partial charge in [-0.25, -0.2) is 0 Å². The molecule has 4 heteroatoms. The summed E-state index contributed by atoms with van der Waals surface area (Å²) in [5.74, 6) is 0.789. The first-order chi connectivity index (χ1) is 12.3. The molecule has 2 heterocycles. The van der Waals surface area contributed by atoms with Gasteiger partial charge in [0.2, 0.25) is 0 Å². The molecule has 4 nitrogen and oxygen atoms in total. The van der Waals surface area contributed by atoms with Crippen LogP contribution in [0.15, 0.2) is 48.8 Å². The third-order valence-electron chi connectivity index (χ3n) is 5.20. The van der Waals surface area contributed by atoms with E-state index in [1.807, 2.05) is 11.0 Å². The van der Waals surface area contributed by atoms with Gasteiger partial charge in [-0.05, 0) is 49.7 Å². The highest BCUT2D eigenvalue weighted by Crippen LogP contribution is 2.26. The standard InChI is InChI=1S/C21H25N3O/c25-21(18-13-20(15-22-14-18)23-19-6-7-19)24-10-8-17(9-11-24)12-16-4-2-1-3-5-16/h1-5,13-15,17,19,23H,6-12H2. The summed E-state index contributed by atoms with van der Waals surface area (Å²) in [7, 11) is 0. The summed E-state index contributed by atoms with van der Waals surface area (Å²) in [5, 5.41) is 3.42. The van der Waals surface area contributed by atoms with Crippen molar-refractivity contribution in [3.63, 3.8) is 0 Å². The van der Waals surface area contributed by atoms with Crippen LogP contribution in [0.5, 0.6) is 0 Å². The van der Waals surface area contributed by atoms with Gasteiger partial charge in [-0.15, -0.1) is 0 Å². The number of anilines is 1. The fourth-order valence-electron chi connectivity index (χ4n) is 3.57. The highest BCUT2D eigenvalue weighted by Gasteiger charge is 2.25. The largest absolute Gasteiger partial charge is 0.381 e. The molecule has 130 valence electrons. The number of carbonyl (C=O) groups is 1. The second-order valence-electron chi connectivity index (χ2n) is 7.31. The third kappa shape index (κ3) is 4.19. The number of pyridine rings is 1. The van der Waals surface area contributed by atoms with Gasteiger partial charge in [0.05, 0.1) is 11.3 Å². The maximum atomic E-state index is 12.8. The zero-order chi connectivity index (χ0) is 17.1. The van der Waals surface area contributed by atoms with E-state index in [0.717, 1.165) is 38.0 Å². The molecule has 2 aromatic rings. The van der Waals surface area contributed by atoms with Crippen LogP contribution >= 0.6 is 0 Å². The van der Waals surface area contributed by atoms with E-state index >= 15 is 0 Å². The summed E-state index contributed by atoms with van der Waals surface area (Å²) in [5.41, 5.74) is 3.06. The molecule has 2 aliphatic rings. The van der Waals surface area contributed by atoms with Crippen LogP contribution < -0.4 is 5.32 Å². The van der Waals surface area contributed by atoms with Gasteiger partial charge in [-0.2, -0.15) is 0 Å². The molecular weight excluding hydrogens is 310 g/mol. The van der Waals surface area contributed by atoms with E-state index in [1.54, 1.807) is 12.4 Å². The number of benzene rings is 1. The Bertz CT molecular complexity index is 719. The van der Waals surface area contributed by atoms with E-state index in [2.05, 4.69) is 40.6 Å². The van der Waals surface area contributed by atoms with Crippen LogP contribution in [-0.2, 0) is 6.42 Å². The Balaban J connectivity index is 1.33. The molecule has 1 N–H and O–H groups in total. The van der Waals surface area contributed by atoms with Crippen LogP contribution in [0.3, 0.4) is 0 Å². The Morgan fingerprint density at radius 3 is 2.56 bits per heavy atom. The minimum absolute atomic E-state index is 0.116. The SMILES string of the molecule is O=C(c1cncc(NC2CC2)c1)N1CCC(Cc2ccccc2)CC1. The molecule has 0 unspecified atom stereocenters. The van der Waals surface area contributed by atoms with Crippen LogP contribution in [0.2, 0.25) is 0 Å². The van der Waals surface area contributed by atoms with Crippen molar-refractivity contribution >= 4 is 11.6 Å². The van der Waals surface area contributed by atoms with Gasteiger partial charge >= 0.3 is 0 Å². The second kappa shape index (κ2) is 7.26. The summed E-state index contributed by atoms with van der Waals surface area (Å²) in [6.45, 7) is 1.69. The Labute approximate surface area is 149 Å². The van der Waals surface area contributed by atoms with Gasteiger partial charge in [0.15, 0.2) is 0 Å². The van der Waals surface area contributed by atoms with Gasteiger partial charge in [0.25, 0.3) is 5.91 Å². The molecule has 0 spiro atoms. The van der Waals surface area contributed by atoms with Crippen molar-refractivity contribution in [2.24, 2.45) is 5.92 Å². The Kier molecular flexibility index (Phi) is 4.68. The molecule has 4 rings (SSSR count). The molecule has 0 atom stereocenters. The molecule has 0 bridgehead atoms. The van der Waals surface area contributed by atoms with Crippen molar-refractivity contribution in [3.05, 3.63) is 59.9 Å². The number of rotatable bonds is 5. The van der Waals surface area contributed by atoms with Crippen LogP contribution in [0.25, 0.3) is 0 Å². The zero-order valence-electron chi connectivity index (χ0n) is 14.5. The molecule has 1 amide bonds. The number of likely N-dealkylation sites (tertiary alicyclic amines) is 1. The average Bonchev–Trinajstić information content (AvgIpc) is 3.47. The summed E-state index contributed by atoms with van der Waals surface area (Å²) in [6.07, 6.45) is 9.20. The summed E-state index contributed by atoms with van der Waals surface area (Å²) < 4.78 is 0. The summed E-state index contributed by atoms with van der Waals surface area (Å²) >= 11 is 0. The van der Waals surface area contributed by atoms with Crippen LogP contribution in [0.1, 0.15) is 41.6 Å². The molecule has 1 aliphatic heterocycles. The first-order valence-corrected chi connectivity index (χ1v) is 9.33. The van der Waals surface area contributed by atoms with Gasteiger partial charge in [0, 0.05) is 31.5 Å². The quantitative estimate of drug-likeness (QED) is 0.905. The van der Waals surface area contributed by atoms with Gasteiger partial charge in [-0.3, -0.25) is 9.78 Å².